The molecule has 0 atom stereocenters. The number of hydrogen-bond acceptors (Lipinski definition) is 3. The maximum absolute atomic E-state index is 11.7. The SMILES string of the molecule is CC(C)N(C)C(=O)COc1cccc(Cl)c1C#N. The second-order valence-electron chi connectivity index (χ2n) is 4.11. The van der Waals surface area contributed by atoms with E-state index in [1.807, 2.05) is 19.9 Å². The highest BCUT2D eigenvalue weighted by Gasteiger charge is 2.14. The Labute approximate surface area is 112 Å². The van der Waals surface area contributed by atoms with Crippen LogP contribution >= 0.6 is 11.6 Å². The summed E-state index contributed by atoms with van der Waals surface area (Å²) in [5.74, 6) is 0.185. The Bertz CT molecular complexity index is 480. The van der Waals surface area contributed by atoms with E-state index in [9.17, 15) is 4.79 Å². The van der Waals surface area contributed by atoms with Gasteiger partial charge in [-0.05, 0) is 26.0 Å². The predicted octanol–water partition coefficient (Wildman–Crippen LogP) is 2.46. The number of carbonyl (C=O) groups excluding carboxylic acids is 1. The molecule has 0 unspecified atom stereocenters. The number of benzene rings is 1. The number of halogens is 1. The summed E-state index contributed by atoms with van der Waals surface area (Å²) >= 11 is 5.86. The first-order valence-electron chi connectivity index (χ1n) is 5.54. The van der Waals surface area contributed by atoms with E-state index in [2.05, 4.69) is 0 Å². The summed E-state index contributed by atoms with van der Waals surface area (Å²) in [5.41, 5.74) is 0.249. The van der Waals surface area contributed by atoms with Gasteiger partial charge in [-0.25, -0.2) is 0 Å². The predicted molar refractivity (Wildman–Crippen MR) is 69.6 cm³/mol. The van der Waals surface area contributed by atoms with Crippen LogP contribution in [0, 0.1) is 11.3 Å². The lowest BCUT2D eigenvalue weighted by Crippen LogP contribution is -2.36. The van der Waals surface area contributed by atoms with Gasteiger partial charge in [0.15, 0.2) is 6.61 Å². The van der Waals surface area contributed by atoms with Gasteiger partial charge in [0.1, 0.15) is 17.4 Å². The number of nitriles is 1. The average molecular weight is 267 g/mol. The number of amides is 1. The highest BCUT2D eigenvalue weighted by Crippen LogP contribution is 2.25. The van der Waals surface area contributed by atoms with E-state index >= 15 is 0 Å². The smallest absolute Gasteiger partial charge is 0.260 e. The Morgan fingerprint density at radius 2 is 2.22 bits per heavy atom. The largest absolute Gasteiger partial charge is 0.482 e. The third-order valence-electron chi connectivity index (χ3n) is 2.61. The van der Waals surface area contributed by atoms with E-state index in [0.717, 1.165) is 0 Å². The summed E-state index contributed by atoms with van der Waals surface area (Å²) in [5, 5.41) is 9.27. The Morgan fingerprint density at radius 1 is 1.56 bits per heavy atom. The van der Waals surface area contributed by atoms with Crippen LogP contribution in [0.3, 0.4) is 0 Å². The van der Waals surface area contributed by atoms with Crippen molar-refractivity contribution in [3.8, 4) is 11.8 Å². The minimum absolute atomic E-state index is 0.107. The fourth-order valence-electron chi connectivity index (χ4n) is 1.26. The van der Waals surface area contributed by atoms with E-state index in [1.165, 1.54) is 0 Å². The van der Waals surface area contributed by atoms with Crippen LogP contribution in [0.5, 0.6) is 5.75 Å². The monoisotopic (exact) mass is 266 g/mol. The van der Waals surface area contributed by atoms with Crippen molar-refractivity contribution in [2.45, 2.75) is 19.9 Å². The first kappa shape index (κ1) is 14.3. The van der Waals surface area contributed by atoms with Gasteiger partial charge in [-0.1, -0.05) is 17.7 Å². The Balaban J connectivity index is 2.73. The standard InChI is InChI=1S/C13H15ClN2O2/c1-9(2)16(3)13(17)8-18-12-6-4-5-11(14)10(12)7-15/h4-6,9H,8H2,1-3H3. The molecule has 0 spiro atoms. The molecule has 5 heteroatoms. The Kier molecular flexibility index (Phi) is 4.99. The summed E-state index contributed by atoms with van der Waals surface area (Å²) in [6.45, 7) is 3.72. The number of carbonyl (C=O) groups is 1. The van der Waals surface area contributed by atoms with Gasteiger partial charge in [-0.2, -0.15) is 5.26 Å². The molecule has 0 aliphatic rings. The molecule has 1 aromatic rings. The van der Waals surface area contributed by atoms with Gasteiger partial charge in [-0.15, -0.1) is 0 Å². The van der Waals surface area contributed by atoms with Crippen LogP contribution in [-0.2, 0) is 4.79 Å². The molecule has 1 aromatic carbocycles. The molecule has 0 aromatic heterocycles. The lowest BCUT2D eigenvalue weighted by atomic mass is 10.2. The molecule has 0 aliphatic heterocycles. The minimum Gasteiger partial charge on any atom is -0.482 e. The van der Waals surface area contributed by atoms with Gasteiger partial charge in [0.2, 0.25) is 0 Å². The third-order valence-corrected chi connectivity index (χ3v) is 2.92. The summed E-state index contributed by atoms with van der Waals surface area (Å²) in [7, 11) is 1.71. The molecule has 0 saturated heterocycles. The molecule has 1 rings (SSSR count). The van der Waals surface area contributed by atoms with Gasteiger partial charge in [-0.3, -0.25) is 4.79 Å². The molecule has 96 valence electrons. The van der Waals surface area contributed by atoms with E-state index in [0.29, 0.717) is 10.8 Å². The first-order chi connectivity index (χ1) is 8.47. The van der Waals surface area contributed by atoms with Gasteiger partial charge < -0.3 is 9.64 Å². The third kappa shape index (κ3) is 3.38. The van der Waals surface area contributed by atoms with E-state index in [1.54, 1.807) is 30.1 Å². The molecule has 4 nitrogen and oxygen atoms in total. The van der Waals surface area contributed by atoms with E-state index < -0.39 is 0 Å². The number of hydrogen-bond donors (Lipinski definition) is 0. The summed E-state index contributed by atoms with van der Waals surface area (Å²) in [6.07, 6.45) is 0. The highest BCUT2D eigenvalue weighted by atomic mass is 35.5. The van der Waals surface area contributed by atoms with Crippen molar-refractivity contribution in [2.24, 2.45) is 0 Å². The second-order valence-corrected chi connectivity index (χ2v) is 4.52. The minimum atomic E-state index is -0.145. The van der Waals surface area contributed by atoms with Crippen LogP contribution in [0.1, 0.15) is 19.4 Å². The Morgan fingerprint density at radius 3 is 2.78 bits per heavy atom. The maximum atomic E-state index is 11.7. The molecule has 0 fully saturated rings. The van der Waals surface area contributed by atoms with Crippen LogP contribution in [0.2, 0.25) is 5.02 Å². The zero-order valence-electron chi connectivity index (χ0n) is 10.6. The molecule has 18 heavy (non-hydrogen) atoms. The molecular formula is C13H15ClN2O2. The molecule has 0 heterocycles. The normalized spacial score (nSPS) is 10.0. The van der Waals surface area contributed by atoms with Crippen LogP contribution in [0.4, 0.5) is 0 Å². The van der Waals surface area contributed by atoms with Crippen LogP contribution < -0.4 is 4.74 Å². The zero-order valence-corrected chi connectivity index (χ0v) is 11.4. The van der Waals surface area contributed by atoms with Crippen LogP contribution in [0.15, 0.2) is 18.2 Å². The van der Waals surface area contributed by atoms with Crippen molar-refractivity contribution >= 4 is 17.5 Å². The van der Waals surface area contributed by atoms with Crippen molar-refractivity contribution in [3.63, 3.8) is 0 Å². The van der Waals surface area contributed by atoms with Crippen LogP contribution in [-0.4, -0.2) is 30.5 Å². The zero-order chi connectivity index (χ0) is 13.7. The van der Waals surface area contributed by atoms with Crippen molar-refractivity contribution in [3.05, 3.63) is 28.8 Å². The molecule has 1 amide bonds. The number of rotatable bonds is 4. The van der Waals surface area contributed by atoms with Crippen molar-refractivity contribution < 1.29 is 9.53 Å². The van der Waals surface area contributed by atoms with E-state index in [-0.39, 0.29) is 24.1 Å². The summed E-state index contributed by atoms with van der Waals surface area (Å²) < 4.78 is 5.34. The fourth-order valence-corrected chi connectivity index (χ4v) is 1.47. The molecule has 0 radical (unpaired) electrons. The molecule has 0 N–H and O–H groups in total. The quantitative estimate of drug-likeness (QED) is 0.841. The number of nitrogens with zero attached hydrogens (tertiary/aromatic N) is 2. The summed E-state index contributed by atoms with van der Waals surface area (Å²) in [4.78, 5) is 13.3. The molecule has 0 bridgehead atoms. The molecular weight excluding hydrogens is 252 g/mol. The molecule has 0 saturated carbocycles. The average Bonchev–Trinajstić information content (AvgIpc) is 2.34. The maximum Gasteiger partial charge on any atom is 0.260 e. The Hall–Kier alpha value is -1.73. The van der Waals surface area contributed by atoms with Gasteiger partial charge in [0, 0.05) is 13.1 Å². The van der Waals surface area contributed by atoms with Gasteiger partial charge >= 0.3 is 0 Å². The first-order valence-corrected chi connectivity index (χ1v) is 5.92. The van der Waals surface area contributed by atoms with Crippen molar-refractivity contribution in [2.75, 3.05) is 13.7 Å². The lowest BCUT2D eigenvalue weighted by Gasteiger charge is -2.21. The van der Waals surface area contributed by atoms with Gasteiger partial charge in [0.05, 0.1) is 5.02 Å². The topological polar surface area (TPSA) is 53.3 Å². The molecule has 0 aliphatic carbocycles. The van der Waals surface area contributed by atoms with Crippen LogP contribution in [0.25, 0.3) is 0 Å². The second kappa shape index (κ2) is 6.27. The number of likely N-dealkylation sites (N-methyl/N-ethyl adjacent to an activating group) is 1. The fraction of sp³-hybridized carbons (Fsp3) is 0.385. The highest BCUT2D eigenvalue weighted by molar-refractivity contribution is 6.31. The van der Waals surface area contributed by atoms with Crippen molar-refractivity contribution in [1.82, 2.24) is 4.90 Å². The summed E-state index contributed by atoms with van der Waals surface area (Å²) in [6, 6.07) is 6.97. The van der Waals surface area contributed by atoms with E-state index in [4.69, 9.17) is 21.6 Å². The van der Waals surface area contributed by atoms with Gasteiger partial charge in [0.25, 0.3) is 5.91 Å². The number of ether oxygens (including phenoxy) is 1. The van der Waals surface area contributed by atoms with Crippen molar-refractivity contribution in [1.29, 1.82) is 5.26 Å². The lowest BCUT2D eigenvalue weighted by molar-refractivity contribution is -0.133.